The van der Waals surface area contributed by atoms with E-state index >= 15 is 0 Å². The molecule has 34 heavy (non-hydrogen) atoms. The number of nitrogens with one attached hydrogen (secondary N) is 2. The summed E-state index contributed by atoms with van der Waals surface area (Å²) in [5.41, 5.74) is 12.6. The summed E-state index contributed by atoms with van der Waals surface area (Å²) in [5, 5.41) is 28.8. The molecule has 9 N–H and O–H groups in total. The van der Waals surface area contributed by atoms with Gasteiger partial charge in [-0.3, -0.25) is 0 Å². The molecule has 14 nitrogen and oxygen atoms in total. The van der Waals surface area contributed by atoms with Crippen LogP contribution in [0.15, 0.2) is 40.1 Å². The highest BCUT2D eigenvalue weighted by Crippen LogP contribution is 2.40. The van der Waals surface area contributed by atoms with E-state index in [1.807, 2.05) is 0 Å². The number of aromatic amines is 2. The van der Waals surface area contributed by atoms with E-state index in [2.05, 4.69) is 30.6 Å². The molecule has 2 heterocycles. The molecule has 180 valence electrons. The number of rotatable bonds is 8. The fourth-order valence-electron chi connectivity index (χ4n) is 3.61. The molecular formula is C18H21N9O5S2. The van der Waals surface area contributed by atoms with Gasteiger partial charge >= 0.3 is 0 Å². The van der Waals surface area contributed by atoms with E-state index in [1.54, 1.807) is 18.2 Å². The third kappa shape index (κ3) is 4.29. The number of para-hydroxylation sites is 1. The smallest absolute Gasteiger partial charge is 0.240 e. The van der Waals surface area contributed by atoms with Crippen LogP contribution in [0, 0.1) is 0 Å². The number of benzene rings is 2. The first-order valence-electron chi connectivity index (χ1n) is 9.79. The lowest BCUT2D eigenvalue weighted by atomic mass is 9.98. The molecule has 0 radical (unpaired) electrons. The van der Waals surface area contributed by atoms with Crippen LogP contribution in [0.2, 0.25) is 0 Å². The molecule has 4 rings (SSSR count). The average Bonchev–Trinajstić information content (AvgIpc) is 3.46. The number of fused-ring (bicyclic) bond motifs is 1. The summed E-state index contributed by atoms with van der Waals surface area (Å²) in [6.45, 7) is -0.209. The van der Waals surface area contributed by atoms with Crippen molar-refractivity contribution in [1.82, 2.24) is 30.6 Å². The van der Waals surface area contributed by atoms with Crippen LogP contribution < -0.4 is 16.6 Å². The van der Waals surface area contributed by atoms with Crippen LogP contribution in [0.25, 0.3) is 33.5 Å². The Bertz CT molecular complexity index is 1560. The Morgan fingerprint density at radius 3 is 2.44 bits per heavy atom. The standard InChI is InChI=1S/C18H21N9O5S2/c19-6-9(28)8-33(29,30)13-5-4-10(11-2-1-3-12-16(11)23-14(7-20)22-12)15(17(13)34(21,31)32)18-24-26-27-25-18/h1-5,9,28H,6-8,19-20H2,(H,22,23)(H2,21,31,32)(H,24,25,26,27). The number of nitrogens with two attached hydrogens (primary N) is 3. The van der Waals surface area contributed by atoms with Crippen LogP contribution in [0.4, 0.5) is 0 Å². The largest absolute Gasteiger partial charge is 0.391 e. The van der Waals surface area contributed by atoms with Crippen molar-refractivity contribution in [3.63, 3.8) is 0 Å². The molecular weight excluding hydrogens is 486 g/mol. The van der Waals surface area contributed by atoms with Gasteiger partial charge in [-0.25, -0.2) is 27.0 Å². The lowest BCUT2D eigenvalue weighted by Crippen LogP contribution is -2.30. The number of hydrogen-bond acceptors (Lipinski definition) is 11. The van der Waals surface area contributed by atoms with Crippen LogP contribution in [0.1, 0.15) is 5.82 Å². The topological polar surface area (TPSA) is 250 Å². The summed E-state index contributed by atoms with van der Waals surface area (Å²) in [4.78, 5) is 6.15. The number of nitrogens with zero attached hydrogens (tertiary/aromatic N) is 4. The number of aliphatic hydroxyl groups is 1. The first-order valence-corrected chi connectivity index (χ1v) is 13.0. The zero-order chi connectivity index (χ0) is 24.7. The summed E-state index contributed by atoms with van der Waals surface area (Å²) in [5.74, 6) is -0.529. The molecule has 0 aliphatic heterocycles. The second kappa shape index (κ2) is 8.82. The number of tetrazole rings is 1. The monoisotopic (exact) mass is 507 g/mol. The third-order valence-corrected chi connectivity index (χ3v) is 8.00. The number of hydrogen-bond donors (Lipinski definition) is 6. The molecule has 2 aromatic heterocycles. The summed E-state index contributed by atoms with van der Waals surface area (Å²) >= 11 is 0. The number of sulfonamides is 1. The molecule has 1 unspecified atom stereocenters. The van der Waals surface area contributed by atoms with E-state index in [-0.39, 0.29) is 30.0 Å². The van der Waals surface area contributed by atoms with Crippen molar-refractivity contribution in [3.05, 3.63) is 36.2 Å². The van der Waals surface area contributed by atoms with Crippen molar-refractivity contribution in [1.29, 1.82) is 0 Å². The molecule has 0 saturated heterocycles. The minimum atomic E-state index is -4.66. The number of aliphatic hydroxyl groups excluding tert-OH is 1. The van der Waals surface area contributed by atoms with Gasteiger partial charge in [-0.15, -0.1) is 10.2 Å². The summed E-state index contributed by atoms with van der Waals surface area (Å²) in [7, 11) is -9.01. The second-order valence-electron chi connectivity index (χ2n) is 7.36. The third-order valence-electron chi connectivity index (χ3n) is 5.04. The van der Waals surface area contributed by atoms with Crippen LogP contribution in [-0.2, 0) is 26.4 Å². The number of aromatic nitrogens is 6. The predicted octanol–water partition coefficient (Wildman–Crippen LogP) is -1.39. The van der Waals surface area contributed by atoms with Crippen LogP contribution in [0.3, 0.4) is 0 Å². The SMILES string of the molecule is NCc1nc2c(-c3ccc(S(=O)(=O)CC(O)CN)c(S(N)(=O)=O)c3-c3nn[nH]n3)cccc2[nH]1. The van der Waals surface area contributed by atoms with Crippen molar-refractivity contribution in [2.75, 3.05) is 12.3 Å². The molecule has 0 fully saturated rings. The van der Waals surface area contributed by atoms with Gasteiger partial charge in [0.05, 0.1) is 39.9 Å². The van der Waals surface area contributed by atoms with Gasteiger partial charge in [0.2, 0.25) is 15.8 Å². The molecule has 0 amide bonds. The molecule has 2 aromatic carbocycles. The predicted molar refractivity (Wildman–Crippen MR) is 121 cm³/mol. The molecule has 16 heteroatoms. The van der Waals surface area contributed by atoms with E-state index in [0.717, 1.165) is 6.07 Å². The van der Waals surface area contributed by atoms with Crippen LogP contribution in [0.5, 0.6) is 0 Å². The van der Waals surface area contributed by atoms with Crippen molar-refractivity contribution >= 4 is 30.9 Å². The number of H-pyrrole nitrogens is 2. The molecule has 0 aliphatic carbocycles. The summed E-state index contributed by atoms with van der Waals surface area (Å²) < 4.78 is 51.7. The van der Waals surface area contributed by atoms with Gasteiger partial charge in [0, 0.05) is 12.1 Å². The van der Waals surface area contributed by atoms with Crippen molar-refractivity contribution < 1.29 is 21.9 Å². The molecule has 0 aliphatic rings. The molecule has 4 aromatic rings. The van der Waals surface area contributed by atoms with E-state index in [0.29, 0.717) is 22.4 Å². The number of imidazole rings is 1. The highest BCUT2D eigenvalue weighted by molar-refractivity contribution is 7.93. The van der Waals surface area contributed by atoms with Crippen molar-refractivity contribution in [2.24, 2.45) is 16.6 Å². The molecule has 0 saturated carbocycles. The fourth-order valence-corrected chi connectivity index (χ4v) is 6.66. The molecule has 0 spiro atoms. The minimum Gasteiger partial charge on any atom is -0.391 e. The first-order chi connectivity index (χ1) is 16.1. The first kappa shape index (κ1) is 23.9. The maximum atomic E-state index is 13.1. The van der Waals surface area contributed by atoms with E-state index < -0.39 is 41.5 Å². The van der Waals surface area contributed by atoms with E-state index in [4.69, 9.17) is 16.6 Å². The summed E-state index contributed by atoms with van der Waals surface area (Å²) in [6.07, 6.45) is -1.42. The number of sulfone groups is 1. The Kier molecular flexibility index (Phi) is 6.19. The van der Waals surface area contributed by atoms with Crippen molar-refractivity contribution in [2.45, 2.75) is 22.4 Å². The van der Waals surface area contributed by atoms with Gasteiger partial charge in [-0.05, 0) is 22.9 Å². The van der Waals surface area contributed by atoms with Crippen molar-refractivity contribution in [3.8, 4) is 22.5 Å². The van der Waals surface area contributed by atoms with Gasteiger partial charge in [0.25, 0.3) is 0 Å². The zero-order valence-corrected chi connectivity index (χ0v) is 19.1. The highest BCUT2D eigenvalue weighted by Gasteiger charge is 2.33. The average molecular weight is 508 g/mol. The Labute approximate surface area is 193 Å². The maximum absolute atomic E-state index is 13.1. The summed E-state index contributed by atoms with van der Waals surface area (Å²) in [6, 6.07) is 7.63. The Morgan fingerprint density at radius 1 is 1.06 bits per heavy atom. The van der Waals surface area contributed by atoms with Gasteiger partial charge < -0.3 is 21.6 Å². The lowest BCUT2D eigenvalue weighted by molar-refractivity contribution is 0.205. The quantitative estimate of drug-likeness (QED) is 0.162. The lowest BCUT2D eigenvalue weighted by Gasteiger charge is -2.17. The van der Waals surface area contributed by atoms with Gasteiger partial charge in [0.1, 0.15) is 10.7 Å². The fraction of sp³-hybridized carbons (Fsp3) is 0.222. The van der Waals surface area contributed by atoms with Gasteiger partial charge in [0.15, 0.2) is 9.84 Å². The Morgan fingerprint density at radius 2 is 1.82 bits per heavy atom. The van der Waals surface area contributed by atoms with Crippen LogP contribution in [-0.4, -0.2) is 70.9 Å². The molecule has 0 bridgehead atoms. The van der Waals surface area contributed by atoms with E-state index in [9.17, 15) is 21.9 Å². The van der Waals surface area contributed by atoms with Gasteiger partial charge in [-0.2, -0.15) is 5.21 Å². The van der Waals surface area contributed by atoms with E-state index in [1.165, 1.54) is 6.07 Å². The second-order valence-corrected chi connectivity index (χ2v) is 10.9. The Hall–Kier alpha value is -3.28. The van der Waals surface area contributed by atoms with Gasteiger partial charge in [-0.1, -0.05) is 18.2 Å². The minimum absolute atomic E-state index is 0.134. The molecule has 1 atom stereocenters. The zero-order valence-electron chi connectivity index (χ0n) is 17.5. The normalized spacial score (nSPS) is 13.4. The Balaban J connectivity index is 2.12. The highest BCUT2D eigenvalue weighted by atomic mass is 32.2. The maximum Gasteiger partial charge on any atom is 0.240 e. The number of primary sulfonamides is 1. The van der Waals surface area contributed by atoms with Crippen LogP contribution >= 0.6 is 0 Å².